The summed E-state index contributed by atoms with van der Waals surface area (Å²) in [6, 6.07) is 8.93. The molecule has 0 spiro atoms. The van der Waals surface area contributed by atoms with E-state index in [1.54, 1.807) is 18.4 Å². The number of anilines is 2. The highest BCUT2D eigenvalue weighted by Crippen LogP contribution is 2.26. The van der Waals surface area contributed by atoms with Crippen LogP contribution in [0.2, 0.25) is 0 Å². The third-order valence-electron chi connectivity index (χ3n) is 4.05. The molecule has 1 saturated heterocycles. The number of aromatic nitrogens is 1. The lowest BCUT2D eigenvalue weighted by molar-refractivity contribution is 0.185. The van der Waals surface area contributed by atoms with E-state index in [1.165, 1.54) is 11.3 Å². The molecule has 1 N–H and O–H groups in total. The Kier molecular flexibility index (Phi) is 4.95. The van der Waals surface area contributed by atoms with Gasteiger partial charge in [0, 0.05) is 42.9 Å². The second-order valence-electron chi connectivity index (χ2n) is 5.77. The van der Waals surface area contributed by atoms with Gasteiger partial charge in [-0.1, -0.05) is 18.2 Å². The summed E-state index contributed by atoms with van der Waals surface area (Å²) in [5.41, 5.74) is 3.55. The fourth-order valence-electron chi connectivity index (χ4n) is 2.86. The van der Waals surface area contributed by atoms with Crippen LogP contribution in [0, 0.1) is 6.92 Å². The summed E-state index contributed by atoms with van der Waals surface area (Å²) in [6.07, 6.45) is 2.28. The van der Waals surface area contributed by atoms with Gasteiger partial charge in [0.2, 0.25) is 0 Å². The van der Waals surface area contributed by atoms with Crippen LogP contribution in [-0.4, -0.2) is 31.2 Å². The number of ether oxygens (including phenoxy) is 1. The predicted molar refractivity (Wildman–Crippen MR) is 92.9 cm³/mol. The van der Waals surface area contributed by atoms with E-state index in [1.807, 2.05) is 0 Å². The fraction of sp³-hybridized carbons (Fsp3) is 0.471. The highest BCUT2D eigenvalue weighted by Gasteiger charge is 2.21. The molecule has 118 valence electrons. The number of nitrogens with zero attached hydrogens (tertiary/aromatic N) is 2. The lowest BCUT2D eigenvalue weighted by Crippen LogP contribution is -2.39. The molecule has 1 aliphatic heterocycles. The minimum absolute atomic E-state index is 0.523. The smallest absolute Gasteiger partial charge is 0.185 e. The second kappa shape index (κ2) is 7.11. The Balaban J connectivity index is 1.58. The first-order chi connectivity index (χ1) is 10.8. The molecule has 1 aromatic carbocycles. The molecular weight excluding hydrogens is 294 g/mol. The molecule has 4 nitrogen and oxygen atoms in total. The average Bonchev–Trinajstić information content (AvgIpc) is 2.97. The molecule has 2 heterocycles. The summed E-state index contributed by atoms with van der Waals surface area (Å²) in [6.45, 7) is 4.84. The van der Waals surface area contributed by atoms with Gasteiger partial charge in [0.25, 0.3) is 0 Å². The molecule has 0 aliphatic carbocycles. The SMILES string of the molecule is COCc1ccccc1NC1CCN(c2nc(C)cs2)CC1. The van der Waals surface area contributed by atoms with E-state index in [0.717, 1.165) is 36.8 Å². The Bertz CT molecular complexity index is 605. The van der Waals surface area contributed by atoms with Crippen LogP contribution in [0.15, 0.2) is 29.6 Å². The lowest BCUT2D eigenvalue weighted by atomic mass is 10.0. The van der Waals surface area contributed by atoms with Crippen LogP contribution in [0.25, 0.3) is 0 Å². The number of benzene rings is 1. The number of rotatable bonds is 5. The number of aryl methyl sites for hydroxylation is 1. The second-order valence-corrected chi connectivity index (χ2v) is 6.60. The number of nitrogens with one attached hydrogen (secondary N) is 1. The number of piperidine rings is 1. The molecule has 2 aromatic rings. The van der Waals surface area contributed by atoms with Crippen LogP contribution >= 0.6 is 11.3 Å². The molecule has 1 aliphatic rings. The van der Waals surface area contributed by atoms with Gasteiger partial charge in [-0.3, -0.25) is 0 Å². The van der Waals surface area contributed by atoms with Crippen LogP contribution in [0.4, 0.5) is 10.8 Å². The summed E-state index contributed by atoms with van der Waals surface area (Å²) >= 11 is 1.75. The molecule has 0 bridgehead atoms. The minimum Gasteiger partial charge on any atom is -0.382 e. The third kappa shape index (κ3) is 3.59. The molecule has 1 fully saturated rings. The first-order valence-electron chi connectivity index (χ1n) is 7.76. The van der Waals surface area contributed by atoms with Crippen LogP contribution in [0.3, 0.4) is 0 Å². The molecule has 0 radical (unpaired) electrons. The van der Waals surface area contributed by atoms with Crippen molar-refractivity contribution in [1.29, 1.82) is 0 Å². The summed E-state index contributed by atoms with van der Waals surface area (Å²) in [5.74, 6) is 0. The first-order valence-corrected chi connectivity index (χ1v) is 8.64. The van der Waals surface area contributed by atoms with Crippen molar-refractivity contribution in [1.82, 2.24) is 4.98 Å². The third-order valence-corrected chi connectivity index (χ3v) is 5.07. The van der Waals surface area contributed by atoms with Crippen molar-refractivity contribution in [2.45, 2.75) is 32.4 Å². The zero-order chi connectivity index (χ0) is 15.4. The van der Waals surface area contributed by atoms with Crippen molar-refractivity contribution >= 4 is 22.2 Å². The molecule has 0 atom stereocenters. The Hall–Kier alpha value is -1.59. The number of hydrogen-bond donors (Lipinski definition) is 1. The van der Waals surface area contributed by atoms with Gasteiger partial charge in [0.15, 0.2) is 5.13 Å². The van der Waals surface area contributed by atoms with Crippen molar-refractivity contribution in [3.8, 4) is 0 Å². The maximum absolute atomic E-state index is 5.28. The van der Waals surface area contributed by atoms with Crippen molar-refractivity contribution in [3.63, 3.8) is 0 Å². The van der Waals surface area contributed by atoms with Gasteiger partial charge < -0.3 is 15.0 Å². The van der Waals surface area contributed by atoms with Crippen molar-refractivity contribution < 1.29 is 4.74 Å². The van der Waals surface area contributed by atoms with Crippen LogP contribution in [-0.2, 0) is 11.3 Å². The Morgan fingerprint density at radius 3 is 2.77 bits per heavy atom. The van der Waals surface area contributed by atoms with E-state index < -0.39 is 0 Å². The highest BCUT2D eigenvalue weighted by atomic mass is 32.1. The Labute approximate surface area is 136 Å². The Morgan fingerprint density at radius 2 is 2.09 bits per heavy atom. The summed E-state index contributed by atoms with van der Waals surface area (Å²) < 4.78 is 5.28. The van der Waals surface area contributed by atoms with Crippen molar-refractivity contribution in [2.24, 2.45) is 0 Å². The Morgan fingerprint density at radius 1 is 1.32 bits per heavy atom. The van der Waals surface area contributed by atoms with Gasteiger partial charge in [0.05, 0.1) is 12.3 Å². The molecule has 0 amide bonds. The standard InChI is InChI=1S/C17H23N3OS/c1-13-12-22-17(18-13)20-9-7-15(8-10-20)19-16-6-4-3-5-14(16)11-21-2/h3-6,12,15,19H,7-11H2,1-2H3. The molecule has 5 heteroatoms. The van der Waals surface area contributed by atoms with E-state index in [4.69, 9.17) is 4.74 Å². The maximum atomic E-state index is 5.28. The van der Waals surface area contributed by atoms with Crippen LogP contribution < -0.4 is 10.2 Å². The van der Waals surface area contributed by atoms with Crippen molar-refractivity contribution in [2.75, 3.05) is 30.4 Å². The van der Waals surface area contributed by atoms with Gasteiger partial charge in [-0.25, -0.2) is 4.98 Å². The number of hydrogen-bond acceptors (Lipinski definition) is 5. The van der Waals surface area contributed by atoms with E-state index in [2.05, 4.69) is 51.8 Å². The van der Waals surface area contributed by atoms with Gasteiger partial charge in [-0.15, -0.1) is 11.3 Å². The normalized spacial score (nSPS) is 16.0. The fourth-order valence-corrected chi connectivity index (χ4v) is 3.72. The van der Waals surface area contributed by atoms with E-state index in [-0.39, 0.29) is 0 Å². The summed E-state index contributed by atoms with van der Waals surface area (Å²) in [4.78, 5) is 6.99. The van der Waals surface area contributed by atoms with Gasteiger partial charge in [-0.2, -0.15) is 0 Å². The zero-order valence-electron chi connectivity index (χ0n) is 13.2. The molecule has 0 saturated carbocycles. The number of para-hydroxylation sites is 1. The largest absolute Gasteiger partial charge is 0.382 e. The molecular formula is C17H23N3OS. The molecule has 1 aromatic heterocycles. The quantitative estimate of drug-likeness (QED) is 0.913. The van der Waals surface area contributed by atoms with E-state index in [0.29, 0.717) is 12.6 Å². The maximum Gasteiger partial charge on any atom is 0.185 e. The lowest BCUT2D eigenvalue weighted by Gasteiger charge is -2.33. The van der Waals surface area contributed by atoms with E-state index in [9.17, 15) is 0 Å². The molecule has 22 heavy (non-hydrogen) atoms. The van der Waals surface area contributed by atoms with Crippen LogP contribution in [0.5, 0.6) is 0 Å². The summed E-state index contributed by atoms with van der Waals surface area (Å²) in [5, 5.41) is 6.98. The predicted octanol–water partition coefficient (Wildman–Crippen LogP) is 3.68. The average molecular weight is 317 g/mol. The first kappa shape index (κ1) is 15.3. The summed E-state index contributed by atoms with van der Waals surface area (Å²) in [7, 11) is 1.74. The van der Waals surface area contributed by atoms with Crippen molar-refractivity contribution in [3.05, 3.63) is 40.9 Å². The van der Waals surface area contributed by atoms with E-state index >= 15 is 0 Å². The minimum atomic E-state index is 0.523. The number of thiazole rings is 1. The molecule has 0 unspecified atom stereocenters. The van der Waals surface area contributed by atoms with Gasteiger partial charge >= 0.3 is 0 Å². The molecule has 3 rings (SSSR count). The number of methoxy groups -OCH3 is 1. The van der Waals surface area contributed by atoms with Gasteiger partial charge in [-0.05, 0) is 25.8 Å². The van der Waals surface area contributed by atoms with Crippen LogP contribution in [0.1, 0.15) is 24.1 Å². The zero-order valence-corrected chi connectivity index (χ0v) is 14.0. The van der Waals surface area contributed by atoms with Gasteiger partial charge in [0.1, 0.15) is 0 Å². The monoisotopic (exact) mass is 317 g/mol. The topological polar surface area (TPSA) is 37.4 Å². The highest BCUT2D eigenvalue weighted by molar-refractivity contribution is 7.13.